The van der Waals surface area contributed by atoms with Crippen LogP contribution in [0.3, 0.4) is 0 Å². The molecule has 1 saturated heterocycles. The van der Waals surface area contributed by atoms with E-state index in [9.17, 15) is 13.2 Å². The Morgan fingerprint density at radius 3 is 2.96 bits per heavy atom. The van der Waals surface area contributed by atoms with E-state index in [-0.39, 0.29) is 23.3 Å². The lowest BCUT2D eigenvalue weighted by Crippen LogP contribution is -2.31. The molecule has 1 aromatic rings. The summed E-state index contributed by atoms with van der Waals surface area (Å²) in [5, 5.41) is 6.00. The first-order chi connectivity index (χ1) is 11.0. The van der Waals surface area contributed by atoms with Crippen LogP contribution in [0.25, 0.3) is 0 Å². The van der Waals surface area contributed by atoms with Crippen LogP contribution in [0, 0.1) is 5.92 Å². The molecular weight excluding hydrogens is 318 g/mol. The maximum Gasteiger partial charge on any atom is 0.240 e. The molecule has 8 heteroatoms. The maximum atomic E-state index is 12.1. The second kappa shape index (κ2) is 8.39. The fraction of sp³-hybridized carbons (Fsp3) is 0.533. The third kappa shape index (κ3) is 5.28. The third-order valence-electron chi connectivity index (χ3n) is 3.70. The minimum absolute atomic E-state index is 0.00137. The number of hydrogen-bond donors (Lipinski definition) is 3. The fourth-order valence-electron chi connectivity index (χ4n) is 2.40. The second-order valence-corrected chi connectivity index (χ2v) is 7.21. The Labute approximate surface area is 136 Å². The van der Waals surface area contributed by atoms with Gasteiger partial charge in [-0.1, -0.05) is 12.1 Å². The van der Waals surface area contributed by atoms with E-state index in [0.29, 0.717) is 19.7 Å². The largest absolute Gasteiger partial charge is 0.383 e. The van der Waals surface area contributed by atoms with E-state index in [2.05, 4.69) is 15.4 Å². The van der Waals surface area contributed by atoms with Gasteiger partial charge in [-0.2, -0.15) is 0 Å². The zero-order chi connectivity index (χ0) is 16.7. The van der Waals surface area contributed by atoms with Crippen molar-refractivity contribution in [2.45, 2.75) is 17.9 Å². The van der Waals surface area contributed by atoms with Gasteiger partial charge in [0.05, 0.1) is 17.4 Å². The number of amides is 1. The van der Waals surface area contributed by atoms with E-state index in [1.165, 1.54) is 13.2 Å². The Balaban J connectivity index is 1.95. The number of methoxy groups -OCH3 is 1. The Hall–Kier alpha value is -1.48. The molecule has 1 unspecified atom stereocenters. The van der Waals surface area contributed by atoms with E-state index >= 15 is 0 Å². The molecule has 0 saturated carbocycles. The molecule has 7 nitrogen and oxygen atoms in total. The predicted octanol–water partition coefficient (Wildman–Crippen LogP) is -0.163. The maximum absolute atomic E-state index is 12.1. The monoisotopic (exact) mass is 341 g/mol. The van der Waals surface area contributed by atoms with Crippen LogP contribution in [0.5, 0.6) is 0 Å². The highest BCUT2D eigenvalue weighted by Crippen LogP contribution is 2.12. The van der Waals surface area contributed by atoms with Gasteiger partial charge in [-0.05, 0) is 30.7 Å². The van der Waals surface area contributed by atoms with Crippen molar-refractivity contribution in [2.24, 2.45) is 5.92 Å². The number of rotatable bonds is 8. The Morgan fingerprint density at radius 1 is 1.43 bits per heavy atom. The zero-order valence-corrected chi connectivity index (χ0v) is 14.0. The number of benzene rings is 1. The van der Waals surface area contributed by atoms with Crippen LogP contribution in [0.1, 0.15) is 12.0 Å². The molecule has 0 aromatic heterocycles. The number of sulfonamides is 1. The molecular formula is C15H23N3O4S. The van der Waals surface area contributed by atoms with Gasteiger partial charge in [0.25, 0.3) is 0 Å². The molecule has 1 amide bonds. The van der Waals surface area contributed by atoms with Crippen LogP contribution in [-0.4, -0.2) is 47.7 Å². The Kier molecular flexibility index (Phi) is 6.52. The van der Waals surface area contributed by atoms with Crippen LogP contribution in [0.4, 0.5) is 0 Å². The van der Waals surface area contributed by atoms with E-state index in [1.807, 2.05) is 0 Å². The van der Waals surface area contributed by atoms with Crippen LogP contribution >= 0.6 is 0 Å². The summed E-state index contributed by atoms with van der Waals surface area (Å²) in [4.78, 5) is 12.2. The smallest absolute Gasteiger partial charge is 0.240 e. The summed E-state index contributed by atoms with van der Waals surface area (Å²) in [5.41, 5.74) is 0.749. The number of nitrogens with one attached hydrogen (secondary N) is 3. The average molecular weight is 341 g/mol. The van der Waals surface area contributed by atoms with Crippen molar-refractivity contribution in [3.63, 3.8) is 0 Å². The topological polar surface area (TPSA) is 96.5 Å². The Bertz CT molecular complexity index is 627. The minimum atomic E-state index is -3.56. The quantitative estimate of drug-likeness (QED) is 0.571. The summed E-state index contributed by atoms with van der Waals surface area (Å²) < 4.78 is 31.6. The van der Waals surface area contributed by atoms with Crippen molar-refractivity contribution >= 4 is 15.9 Å². The fourth-order valence-corrected chi connectivity index (χ4v) is 3.48. The Morgan fingerprint density at radius 2 is 2.26 bits per heavy atom. The second-order valence-electron chi connectivity index (χ2n) is 5.45. The number of carbonyl (C=O) groups is 1. The SMILES string of the molecule is COCCNS(=O)(=O)c1cccc(CNC(=O)C2CCNC2)c1. The van der Waals surface area contributed by atoms with Crippen molar-refractivity contribution in [3.05, 3.63) is 29.8 Å². The summed E-state index contributed by atoms with van der Waals surface area (Å²) in [7, 11) is -2.05. The summed E-state index contributed by atoms with van der Waals surface area (Å²) in [6, 6.07) is 6.56. The molecule has 2 rings (SSSR count). The first-order valence-electron chi connectivity index (χ1n) is 7.59. The van der Waals surface area contributed by atoms with Gasteiger partial charge >= 0.3 is 0 Å². The lowest BCUT2D eigenvalue weighted by molar-refractivity contribution is -0.124. The number of hydrogen-bond acceptors (Lipinski definition) is 5. The average Bonchev–Trinajstić information content (AvgIpc) is 3.07. The zero-order valence-electron chi connectivity index (χ0n) is 13.2. The molecule has 128 valence electrons. The first-order valence-corrected chi connectivity index (χ1v) is 9.07. The van der Waals surface area contributed by atoms with Gasteiger partial charge in [-0.25, -0.2) is 13.1 Å². The van der Waals surface area contributed by atoms with Crippen molar-refractivity contribution < 1.29 is 17.9 Å². The number of carbonyl (C=O) groups excluding carboxylic acids is 1. The van der Waals surface area contributed by atoms with Crippen molar-refractivity contribution in [1.29, 1.82) is 0 Å². The van der Waals surface area contributed by atoms with E-state index < -0.39 is 10.0 Å². The van der Waals surface area contributed by atoms with Gasteiger partial charge < -0.3 is 15.4 Å². The number of ether oxygens (including phenoxy) is 1. The highest BCUT2D eigenvalue weighted by Gasteiger charge is 2.22. The summed E-state index contributed by atoms with van der Waals surface area (Å²) in [6.07, 6.45) is 0.837. The molecule has 0 spiro atoms. The molecule has 1 aliphatic heterocycles. The van der Waals surface area contributed by atoms with Gasteiger partial charge in [0.2, 0.25) is 15.9 Å². The van der Waals surface area contributed by atoms with Crippen molar-refractivity contribution in [3.8, 4) is 0 Å². The van der Waals surface area contributed by atoms with E-state index in [0.717, 1.165) is 18.5 Å². The molecule has 23 heavy (non-hydrogen) atoms. The molecule has 1 heterocycles. The predicted molar refractivity (Wildman–Crippen MR) is 86.3 cm³/mol. The normalized spacial score (nSPS) is 18.0. The van der Waals surface area contributed by atoms with Gasteiger partial charge in [0.15, 0.2) is 0 Å². The van der Waals surface area contributed by atoms with Crippen molar-refractivity contribution in [2.75, 3.05) is 33.4 Å². The summed E-state index contributed by atoms with van der Waals surface area (Å²) in [5.74, 6) is -0.000828. The van der Waals surface area contributed by atoms with Gasteiger partial charge in [0, 0.05) is 26.7 Å². The van der Waals surface area contributed by atoms with Crippen LogP contribution in [-0.2, 0) is 26.1 Å². The summed E-state index contributed by atoms with van der Waals surface area (Å²) >= 11 is 0. The van der Waals surface area contributed by atoms with Crippen molar-refractivity contribution in [1.82, 2.24) is 15.4 Å². The van der Waals surface area contributed by atoms with Gasteiger partial charge in [-0.15, -0.1) is 0 Å². The molecule has 1 aliphatic rings. The van der Waals surface area contributed by atoms with Gasteiger partial charge in [0.1, 0.15) is 0 Å². The van der Waals surface area contributed by atoms with Crippen LogP contribution in [0.2, 0.25) is 0 Å². The molecule has 1 atom stereocenters. The molecule has 0 bridgehead atoms. The minimum Gasteiger partial charge on any atom is -0.383 e. The van der Waals surface area contributed by atoms with E-state index in [1.54, 1.807) is 18.2 Å². The van der Waals surface area contributed by atoms with Crippen LogP contribution < -0.4 is 15.4 Å². The highest BCUT2D eigenvalue weighted by atomic mass is 32.2. The molecule has 3 N–H and O–H groups in total. The molecule has 1 fully saturated rings. The molecule has 0 radical (unpaired) electrons. The third-order valence-corrected chi connectivity index (χ3v) is 5.16. The molecule has 1 aromatic carbocycles. The van der Waals surface area contributed by atoms with Crippen LogP contribution in [0.15, 0.2) is 29.2 Å². The lowest BCUT2D eigenvalue weighted by atomic mass is 10.1. The highest BCUT2D eigenvalue weighted by molar-refractivity contribution is 7.89. The van der Waals surface area contributed by atoms with Gasteiger partial charge in [-0.3, -0.25) is 4.79 Å². The standard InChI is InChI=1S/C15H23N3O4S/c1-22-8-7-18-23(20,21)14-4-2-3-12(9-14)10-17-15(19)13-5-6-16-11-13/h2-4,9,13,16,18H,5-8,10-11H2,1H3,(H,17,19). The summed E-state index contributed by atoms with van der Waals surface area (Å²) in [6.45, 7) is 2.40. The molecule has 0 aliphatic carbocycles. The lowest BCUT2D eigenvalue weighted by Gasteiger charge is -2.11. The van der Waals surface area contributed by atoms with E-state index in [4.69, 9.17) is 4.74 Å². The first kappa shape index (κ1) is 17.9.